The fourth-order valence-electron chi connectivity index (χ4n) is 0.725. The van der Waals surface area contributed by atoms with Gasteiger partial charge in [-0.05, 0) is 18.1 Å². The highest BCUT2D eigenvalue weighted by molar-refractivity contribution is 6.31. The minimum Gasteiger partial charge on any atom is -0.263 e. The van der Waals surface area contributed by atoms with Crippen LogP contribution < -0.4 is 0 Å². The highest BCUT2D eigenvalue weighted by Crippen LogP contribution is 2.13. The highest BCUT2D eigenvalue weighted by atomic mass is 35.5. The maximum absolute atomic E-state index is 5.79. The molecule has 2 heteroatoms. The van der Waals surface area contributed by atoms with Crippen LogP contribution in [0.2, 0.25) is 5.02 Å². The van der Waals surface area contributed by atoms with Crippen molar-refractivity contribution < 1.29 is 0 Å². The predicted molar refractivity (Wildman–Crippen MR) is 43.1 cm³/mol. The van der Waals surface area contributed by atoms with Crippen LogP contribution in [0.25, 0.3) is 0 Å². The summed E-state index contributed by atoms with van der Waals surface area (Å²) in [7, 11) is 0. The lowest BCUT2D eigenvalue weighted by molar-refractivity contribution is 1.21. The largest absolute Gasteiger partial charge is 0.263 e. The summed E-state index contributed by atoms with van der Waals surface area (Å²) in [6.45, 7) is 3.62. The second kappa shape index (κ2) is 3.37. The Kier molecular flexibility index (Phi) is 2.46. The van der Waals surface area contributed by atoms with Crippen molar-refractivity contribution in [3.05, 3.63) is 41.7 Å². The molecule has 10 heavy (non-hydrogen) atoms. The second-order valence-corrected chi connectivity index (χ2v) is 2.37. The second-order valence-electron chi connectivity index (χ2n) is 1.96. The number of nitrogens with zero attached hydrogens (tertiary/aromatic N) is 1. The molecule has 0 fully saturated rings. The Bertz CT molecular complexity index is 232. The van der Waals surface area contributed by atoms with E-state index in [1.807, 2.05) is 12.1 Å². The Morgan fingerprint density at radius 2 is 2.50 bits per heavy atom. The molecule has 1 aromatic heterocycles. The lowest BCUT2D eigenvalue weighted by Gasteiger charge is -1.96. The van der Waals surface area contributed by atoms with Crippen molar-refractivity contribution in [2.24, 2.45) is 0 Å². The number of hydrogen-bond acceptors (Lipinski definition) is 1. The molecule has 0 bridgehead atoms. The van der Waals surface area contributed by atoms with Gasteiger partial charge in [-0.15, -0.1) is 6.58 Å². The molecule has 52 valence electrons. The van der Waals surface area contributed by atoms with Crippen LogP contribution >= 0.6 is 11.6 Å². The Labute approximate surface area is 65.4 Å². The molecule has 0 N–H and O–H groups in total. The fourth-order valence-corrected chi connectivity index (χ4v) is 0.922. The Morgan fingerprint density at radius 3 is 3.10 bits per heavy atom. The van der Waals surface area contributed by atoms with Gasteiger partial charge in [-0.1, -0.05) is 17.7 Å². The summed E-state index contributed by atoms with van der Waals surface area (Å²) in [5.74, 6) is 0. The third-order valence-electron chi connectivity index (χ3n) is 1.22. The Morgan fingerprint density at radius 1 is 1.70 bits per heavy atom. The van der Waals surface area contributed by atoms with Gasteiger partial charge in [0.1, 0.15) is 0 Å². The molecule has 1 nitrogen and oxygen atoms in total. The van der Waals surface area contributed by atoms with E-state index in [9.17, 15) is 0 Å². The van der Waals surface area contributed by atoms with E-state index in [4.69, 9.17) is 11.6 Å². The first-order chi connectivity index (χ1) is 4.84. The van der Waals surface area contributed by atoms with Crippen molar-refractivity contribution in [3.63, 3.8) is 0 Å². The summed E-state index contributed by atoms with van der Waals surface area (Å²) in [6, 6.07) is 1.89. The quantitative estimate of drug-likeness (QED) is 0.595. The van der Waals surface area contributed by atoms with Crippen molar-refractivity contribution in [1.29, 1.82) is 0 Å². The van der Waals surface area contributed by atoms with E-state index >= 15 is 0 Å². The SMILES string of the molecule is C=CCc1ccncc1Cl. The maximum atomic E-state index is 5.79. The highest BCUT2D eigenvalue weighted by Gasteiger charge is 1.94. The van der Waals surface area contributed by atoms with E-state index in [0.29, 0.717) is 5.02 Å². The van der Waals surface area contributed by atoms with E-state index in [1.165, 1.54) is 0 Å². The lowest BCUT2D eigenvalue weighted by atomic mass is 10.2. The Hall–Kier alpha value is -0.820. The van der Waals surface area contributed by atoms with Gasteiger partial charge in [0.25, 0.3) is 0 Å². The van der Waals surface area contributed by atoms with Crippen molar-refractivity contribution in [2.75, 3.05) is 0 Å². The van der Waals surface area contributed by atoms with Gasteiger partial charge in [0.05, 0.1) is 5.02 Å². The van der Waals surface area contributed by atoms with Gasteiger partial charge in [-0.25, -0.2) is 0 Å². The third kappa shape index (κ3) is 1.58. The molecule has 0 atom stereocenters. The first-order valence-corrected chi connectivity index (χ1v) is 3.41. The van der Waals surface area contributed by atoms with Crippen LogP contribution in [0.4, 0.5) is 0 Å². The molecule has 1 heterocycles. The van der Waals surface area contributed by atoms with Gasteiger partial charge in [-0.3, -0.25) is 4.98 Å². The smallest absolute Gasteiger partial charge is 0.0624 e. The van der Waals surface area contributed by atoms with Crippen LogP contribution in [0.3, 0.4) is 0 Å². The minimum atomic E-state index is 0.711. The number of aromatic nitrogens is 1. The maximum Gasteiger partial charge on any atom is 0.0624 e. The molecule has 0 unspecified atom stereocenters. The van der Waals surface area contributed by atoms with Crippen molar-refractivity contribution >= 4 is 11.6 Å². The number of pyridine rings is 1. The average Bonchev–Trinajstić information content (AvgIpc) is 1.94. The summed E-state index contributed by atoms with van der Waals surface area (Å²) in [4.78, 5) is 3.86. The first-order valence-electron chi connectivity index (χ1n) is 3.04. The van der Waals surface area contributed by atoms with Crippen LogP contribution in [0.1, 0.15) is 5.56 Å². The number of allylic oxidation sites excluding steroid dienone is 1. The van der Waals surface area contributed by atoms with Crippen LogP contribution in [0.15, 0.2) is 31.1 Å². The predicted octanol–water partition coefficient (Wildman–Crippen LogP) is 2.46. The van der Waals surface area contributed by atoms with Crippen molar-refractivity contribution in [3.8, 4) is 0 Å². The zero-order valence-electron chi connectivity index (χ0n) is 5.55. The van der Waals surface area contributed by atoms with Crippen molar-refractivity contribution in [1.82, 2.24) is 4.98 Å². The van der Waals surface area contributed by atoms with Gasteiger partial charge in [0, 0.05) is 12.4 Å². The van der Waals surface area contributed by atoms with Crippen LogP contribution in [0.5, 0.6) is 0 Å². The van der Waals surface area contributed by atoms with E-state index in [0.717, 1.165) is 12.0 Å². The first kappa shape index (κ1) is 7.29. The van der Waals surface area contributed by atoms with E-state index in [-0.39, 0.29) is 0 Å². The standard InChI is InChI=1S/C8H8ClN/c1-2-3-7-4-5-10-6-8(7)9/h2,4-6H,1,3H2. The molecule has 0 saturated carbocycles. The molecule has 1 aromatic rings. The lowest BCUT2D eigenvalue weighted by Crippen LogP contribution is -1.82. The topological polar surface area (TPSA) is 12.9 Å². The third-order valence-corrected chi connectivity index (χ3v) is 1.56. The monoisotopic (exact) mass is 153 g/mol. The molecule has 0 radical (unpaired) electrons. The molecular weight excluding hydrogens is 146 g/mol. The molecule has 0 saturated heterocycles. The van der Waals surface area contributed by atoms with E-state index in [1.54, 1.807) is 12.4 Å². The van der Waals surface area contributed by atoms with Crippen LogP contribution in [-0.2, 0) is 6.42 Å². The number of rotatable bonds is 2. The van der Waals surface area contributed by atoms with Crippen LogP contribution in [0, 0.1) is 0 Å². The normalized spacial score (nSPS) is 9.30. The van der Waals surface area contributed by atoms with E-state index in [2.05, 4.69) is 11.6 Å². The van der Waals surface area contributed by atoms with Gasteiger partial charge < -0.3 is 0 Å². The molecule has 0 aliphatic heterocycles. The number of hydrogen-bond donors (Lipinski definition) is 0. The molecule has 0 spiro atoms. The summed E-state index contributed by atoms with van der Waals surface area (Å²) in [6.07, 6.45) is 5.99. The van der Waals surface area contributed by atoms with Gasteiger partial charge in [0.2, 0.25) is 0 Å². The molecule has 0 aromatic carbocycles. The summed E-state index contributed by atoms with van der Waals surface area (Å²) in [5.41, 5.74) is 1.08. The van der Waals surface area contributed by atoms with Crippen molar-refractivity contribution in [2.45, 2.75) is 6.42 Å². The molecule has 1 rings (SSSR count). The fraction of sp³-hybridized carbons (Fsp3) is 0.125. The zero-order chi connectivity index (χ0) is 7.40. The van der Waals surface area contributed by atoms with Gasteiger partial charge >= 0.3 is 0 Å². The molecule has 0 aliphatic carbocycles. The Balaban J connectivity index is 2.91. The molecular formula is C8H8ClN. The van der Waals surface area contributed by atoms with Crippen LogP contribution in [-0.4, -0.2) is 4.98 Å². The summed E-state index contributed by atoms with van der Waals surface area (Å²) < 4.78 is 0. The molecule has 0 aliphatic rings. The summed E-state index contributed by atoms with van der Waals surface area (Å²) in [5, 5.41) is 0.711. The van der Waals surface area contributed by atoms with E-state index < -0.39 is 0 Å². The zero-order valence-corrected chi connectivity index (χ0v) is 6.30. The number of halogens is 1. The summed E-state index contributed by atoms with van der Waals surface area (Å²) >= 11 is 5.79. The van der Waals surface area contributed by atoms with Gasteiger partial charge in [0.15, 0.2) is 0 Å². The minimum absolute atomic E-state index is 0.711. The molecule has 0 amide bonds. The average molecular weight is 154 g/mol. The van der Waals surface area contributed by atoms with Gasteiger partial charge in [-0.2, -0.15) is 0 Å².